The topological polar surface area (TPSA) is 73.0 Å². The number of aromatic nitrogens is 2. The van der Waals surface area contributed by atoms with Gasteiger partial charge in [0.1, 0.15) is 6.20 Å². The molecule has 0 spiro atoms. The Morgan fingerprint density at radius 1 is 1.65 bits per heavy atom. The first-order chi connectivity index (χ1) is 8.06. The summed E-state index contributed by atoms with van der Waals surface area (Å²) in [5.41, 5.74) is 0.0542. The molecular formula is C11H18N4O2. The first kappa shape index (κ1) is 11.9. The van der Waals surface area contributed by atoms with Crippen molar-refractivity contribution in [2.24, 2.45) is 18.9 Å². The van der Waals surface area contributed by atoms with Crippen LogP contribution in [0.5, 0.6) is 0 Å². The van der Waals surface area contributed by atoms with Crippen molar-refractivity contribution in [1.29, 1.82) is 0 Å². The van der Waals surface area contributed by atoms with Gasteiger partial charge in [0.25, 0.3) is 0 Å². The third-order valence-corrected chi connectivity index (χ3v) is 3.37. The fourth-order valence-corrected chi connectivity index (χ4v) is 2.49. The van der Waals surface area contributed by atoms with Crippen LogP contribution in [0.4, 0.5) is 11.5 Å². The van der Waals surface area contributed by atoms with E-state index in [9.17, 15) is 10.1 Å². The summed E-state index contributed by atoms with van der Waals surface area (Å²) in [7, 11) is 1.69. The van der Waals surface area contributed by atoms with Crippen molar-refractivity contribution < 1.29 is 4.92 Å². The van der Waals surface area contributed by atoms with Gasteiger partial charge in [-0.1, -0.05) is 13.3 Å². The molecule has 2 atom stereocenters. The van der Waals surface area contributed by atoms with Crippen LogP contribution in [-0.4, -0.2) is 21.2 Å². The predicted octanol–water partition coefficient (Wildman–Crippen LogP) is 2.18. The highest BCUT2D eigenvalue weighted by Crippen LogP contribution is 2.31. The molecule has 0 saturated heterocycles. The fourth-order valence-electron chi connectivity index (χ4n) is 2.49. The molecule has 0 radical (unpaired) electrons. The van der Waals surface area contributed by atoms with E-state index in [1.165, 1.54) is 30.1 Å². The molecule has 1 aromatic heterocycles. The van der Waals surface area contributed by atoms with Crippen LogP contribution in [0.25, 0.3) is 0 Å². The van der Waals surface area contributed by atoms with Crippen molar-refractivity contribution in [1.82, 2.24) is 9.78 Å². The number of nitro groups is 1. The largest absolute Gasteiger partial charge is 0.363 e. The van der Waals surface area contributed by atoms with Gasteiger partial charge in [0, 0.05) is 13.6 Å². The maximum absolute atomic E-state index is 10.8. The molecule has 2 unspecified atom stereocenters. The zero-order valence-corrected chi connectivity index (χ0v) is 10.2. The van der Waals surface area contributed by atoms with Crippen LogP contribution in [0.3, 0.4) is 0 Å². The molecule has 2 rings (SSSR count). The summed E-state index contributed by atoms with van der Waals surface area (Å²) in [5, 5.41) is 18.0. The molecule has 1 N–H and O–H groups in total. The smallest absolute Gasteiger partial charge is 0.330 e. The number of rotatable bonds is 4. The molecule has 1 aliphatic rings. The van der Waals surface area contributed by atoms with Gasteiger partial charge in [-0.3, -0.25) is 14.8 Å². The maximum Gasteiger partial charge on any atom is 0.330 e. The van der Waals surface area contributed by atoms with E-state index in [0.29, 0.717) is 11.7 Å². The van der Waals surface area contributed by atoms with Gasteiger partial charge in [0.15, 0.2) is 0 Å². The third kappa shape index (κ3) is 2.75. The van der Waals surface area contributed by atoms with Gasteiger partial charge in [-0.25, -0.2) is 0 Å². The van der Waals surface area contributed by atoms with Gasteiger partial charge in [-0.2, -0.15) is 0 Å². The molecule has 0 bridgehead atoms. The molecular weight excluding hydrogens is 220 g/mol. The highest BCUT2D eigenvalue weighted by atomic mass is 16.6. The van der Waals surface area contributed by atoms with E-state index in [1.54, 1.807) is 7.05 Å². The minimum absolute atomic E-state index is 0.0542. The lowest BCUT2D eigenvalue weighted by Gasteiger charge is -2.09. The summed E-state index contributed by atoms with van der Waals surface area (Å²) >= 11 is 0. The van der Waals surface area contributed by atoms with E-state index in [-0.39, 0.29) is 5.69 Å². The molecule has 6 heteroatoms. The normalized spacial score (nSPS) is 23.9. The Bertz CT molecular complexity index is 416. The number of nitrogens with zero attached hydrogens (tertiary/aromatic N) is 3. The summed E-state index contributed by atoms with van der Waals surface area (Å²) in [5.74, 6) is 1.78. The quantitative estimate of drug-likeness (QED) is 0.644. The van der Waals surface area contributed by atoms with Gasteiger partial charge >= 0.3 is 5.69 Å². The molecule has 0 amide bonds. The molecule has 94 valence electrons. The van der Waals surface area contributed by atoms with E-state index in [2.05, 4.69) is 17.3 Å². The Hall–Kier alpha value is -1.59. The van der Waals surface area contributed by atoms with Crippen molar-refractivity contribution >= 4 is 11.5 Å². The highest BCUT2D eigenvalue weighted by molar-refractivity contribution is 5.54. The summed E-state index contributed by atoms with van der Waals surface area (Å²) in [4.78, 5) is 10.4. The van der Waals surface area contributed by atoms with Crippen molar-refractivity contribution in [3.63, 3.8) is 0 Å². The van der Waals surface area contributed by atoms with Gasteiger partial charge in [0.2, 0.25) is 5.82 Å². The van der Waals surface area contributed by atoms with Crippen molar-refractivity contribution in [3.05, 3.63) is 16.3 Å². The first-order valence-corrected chi connectivity index (χ1v) is 5.98. The number of aryl methyl sites for hydroxylation is 1. The van der Waals surface area contributed by atoms with E-state index in [1.807, 2.05) is 0 Å². The molecule has 6 nitrogen and oxygen atoms in total. The lowest BCUT2D eigenvalue weighted by molar-refractivity contribution is -0.384. The Balaban J connectivity index is 1.96. The van der Waals surface area contributed by atoms with Crippen molar-refractivity contribution in [2.45, 2.75) is 26.2 Å². The molecule has 1 aliphatic carbocycles. The van der Waals surface area contributed by atoms with E-state index >= 15 is 0 Å². The van der Waals surface area contributed by atoms with Crippen LogP contribution in [0.2, 0.25) is 0 Å². The number of hydrogen-bond acceptors (Lipinski definition) is 4. The van der Waals surface area contributed by atoms with Crippen LogP contribution in [0.15, 0.2) is 6.20 Å². The fraction of sp³-hybridized carbons (Fsp3) is 0.727. The summed E-state index contributed by atoms with van der Waals surface area (Å²) in [6.45, 7) is 3.03. The Morgan fingerprint density at radius 3 is 3.00 bits per heavy atom. The van der Waals surface area contributed by atoms with E-state index in [0.717, 1.165) is 12.5 Å². The first-order valence-electron chi connectivity index (χ1n) is 5.98. The second-order valence-electron chi connectivity index (χ2n) is 4.96. The minimum Gasteiger partial charge on any atom is -0.363 e. The Labute approximate surface area is 100 Å². The lowest BCUT2D eigenvalue weighted by Crippen LogP contribution is -2.12. The average molecular weight is 238 g/mol. The monoisotopic (exact) mass is 238 g/mol. The van der Waals surface area contributed by atoms with Gasteiger partial charge in [-0.15, -0.1) is 5.10 Å². The van der Waals surface area contributed by atoms with Crippen LogP contribution in [0, 0.1) is 22.0 Å². The number of nitrogens with one attached hydrogen (secondary N) is 1. The zero-order valence-electron chi connectivity index (χ0n) is 10.2. The Kier molecular flexibility index (Phi) is 3.31. The summed E-state index contributed by atoms with van der Waals surface area (Å²) in [6, 6.07) is 0. The lowest BCUT2D eigenvalue weighted by atomic mass is 10.1. The van der Waals surface area contributed by atoms with Crippen LogP contribution < -0.4 is 5.32 Å². The standard InChI is InChI=1S/C11H18N4O2/c1-8-3-4-9(5-8)6-12-11-10(15(16)17)7-14(2)13-11/h7-9H,3-6H2,1-2H3,(H,12,13). The van der Waals surface area contributed by atoms with Gasteiger partial charge in [-0.05, 0) is 24.7 Å². The van der Waals surface area contributed by atoms with Crippen molar-refractivity contribution in [2.75, 3.05) is 11.9 Å². The van der Waals surface area contributed by atoms with Crippen LogP contribution >= 0.6 is 0 Å². The molecule has 0 aliphatic heterocycles. The number of hydrogen-bond donors (Lipinski definition) is 1. The number of anilines is 1. The molecule has 1 heterocycles. The van der Waals surface area contributed by atoms with Gasteiger partial charge in [0.05, 0.1) is 4.92 Å². The zero-order chi connectivity index (χ0) is 12.4. The van der Waals surface area contributed by atoms with E-state index < -0.39 is 4.92 Å². The van der Waals surface area contributed by atoms with Crippen molar-refractivity contribution in [3.8, 4) is 0 Å². The second kappa shape index (κ2) is 4.73. The predicted molar refractivity (Wildman–Crippen MR) is 64.9 cm³/mol. The molecule has 1 aromatic rings. The summed E-state index contributed by atoms with van der Waals surface area (Å²) in [6.07, 6.45) is 5.10. The average Bonchev–Trinajstić information content (AvgIpc) is 2.82. The van der Waals surface area contributed by atoms with Crippen LogP contribution in [0.1, 0.15) is 26.2 Å². The molecule has 1 saturated carbocycles. The molecule has 0 aromatic carbocycles. The highest BCUT2D eigenvalue weighted by Gasteiger charge is 2.23. The summed E-state index contributed by atoms with van der Waals surface area (Å²) < 4.78 is 1.47. The second-order valence-corrected chi connectivity index (χ2v) is 4.96. The minimum atomic E-state index is -0.396. The maximum atomic E-state index is 10.8. The van der Waals surface area contributed by atoms with Gasteiger partial charge < -0.3 is 5.32 Å². The molecule has 1 fully saturated rings. The SMILES string of the molecule is CC1CCC(CNc2nn(C)cc2[N+](=O)[O-])C1. The Morgan fingerprint density at radius 2 is 2.41 bits per heavy atom. The van der Waals surface area contributed by atoms with Crippen LogP contribution in [-0.2, 0) is 7.05 Å². The third-order valence-electron chi connectivity index (χ3n) is 3.37. The van der Waals surface area contributed by atoms with E-state index in [4.69, 9.17) is 0 Å². The molecule has 17 heavy (non-hydrogen) atoms.